The van der Waals surface area contributed by atoms with Crippen LogP contribution >= 0.6 is 11.6 Å². The van der Waals surface area contributed by atoms with E-state index in [2.05, 4.69) is 5.16 Å². The molecule has 1 aromatic rings. The molecule has 0 heterocycles. The van der Waals surface area contributed by atoms with E-state index in [1.54, 1.807) is 13.8 Å². The van der Waals surface area contributed by atoms with E-state index in [1.165, 1.54) is 0 Å². The van der Waals surface area contributed by atoms with Crippen molar-refractivity contribution in [2.75, 3.05) is 5.88 Å². The van der Waals surface area contributed by atoms with Gasteiger partial charge < -0.3 is 4.84 Å². The maximum Gasteiger partial charge on any atom is 0.341 e. The fourth-order valence-electron chi connectivity index (χ4n) is 1.25. The van der Waals surface area contributed by atoms with Crippen molar-refractivity contribution >= 4 is 29.4 Å². The van der Waals surface area contributed by atoms with E-state index in [1.807, 2.05) is 49.4 Å². The SMILES string of the molecule is CCC(/C=C/c1ccccc1)=N/OC(=O)C(C)(C)CCl. The van der Waals surface area contributed by atoms with Gasteiger partial charge in [0.1, 0.15) is 0 Å². The zero-order chi connectivity index (χ0) is 15.0. The molecule has 0 N–H and O–H groups in total. The summed E-state index contributed by atoms with van der Waals surface area (Å²) in [5.74, 6) is -0.227. The second kappa shape index (κ2) is 7.85. The molecule has 0 aliphatic carbocycles. The molecule has 0 amide bonds. The first-order valence-corrected chi connectivity index (χ1v) is 7.10. The highest BCUT2D eigenvalue weighted by atomic mass is 35.5. The van der Waals surface area contributed by atoms with Gasteiger partial charge in [-0.15, -0.1) is 11.6 Å². The Kier molecular flexibility index (Phi) is 6.46. The number of nitrogens with zero attached hydrogens (tertiary/aromatic N) is 1. The highest BCUT2D eigenvalue weighted by Crippen LogP contribution is 2.19. The lowest BCUT2D eigenvalue weighted by molar-refractivity contribution is -0.152. The smallest absolute Gasteiger partial charge is 0.317 e. The molecule has 0 unspecified atom stereocenters. The molecule has 0 aliphatic heterocycles. The van der Waals surface area contributed by atoms with Crippen LogP contribution in [0.4, 0.5) is 0 Å². The first kappa shape index (κ1) is 16.4. The van der Waals surface area contributed by atoms with Crippen molar-refractivity contribution in [3.05, 3.63) is 42.0 Å². The summed E-state index contributed by atoms with van der Waals surface area (Å²) in [5.41, 5.74) is 1.04. The molecule has 0 saturated carbocycles. The summed E-state index contributed by atoms with van der Waals surface area (Å²) in [4.78, 5) is 16.7. The second-order valence-electron chi connectivity index (χ2n) is 5.08. The lowest BCUT2D eigenvalue weighted by atomic mass is 9.97. The minimum atomic E-state index is -0.729. The molecular weight excluding hydrogens is 274 g/mol. The number of carbonyl (C=O) groups excluding carboxylic acids is 1. The van der Waals surface area contributed by atoms with Crippen LogP contribution in [-0.2, 0) is 9.63 Å². The largest absolute Gasteiger partial charge is 0.341 e. The third-order valence-corrected chi connectivity index (χ3v) is 3.43. The van der Waals surface area contributed by atoms with E-state index < -0.39 is 11.4 Å². The molecular formula is C16H20ClNO2. The van der Waals surface area contributed by atoms with Gasteiger partial charge in [0.05, 0.1) is 11.1 Å². The Morgan fingerprint density at radius 2 is 2.00 bits per heavy atom. The number of oxime groups is 1. The van der Waals surface area contributed by atoms with E-state index in [0.29, 0.717) is 12.1 Å². The van der Waals surface area contributed by atoms with Crippen molar-refractivity contribution < 1.29 is 9.63 Å². The Labute approximate surface area is 125 Å². The fourth-order valence-corrected chi connectivity index (χ4v) is 1.36. The standard InChI is InChI=1S/C16H20ClNO2/c1-4-14(11-10-13-8-6-5-7-9-13)18-20-15(19)16(2,3)12-17/h5-11H,4,12H2,1-3H3/b11-10+,18-14-. The van der Waals surface area contributed by atoms with Crippen molar-refractivity contribution in [1.29, 1.82) is 0 Å². The van der Waals surface area contributed by atoms with E-state index in [-0.39, 0.29) is 5.88 Å². The van der Waals surface area contributed by atoms with Crippen LogP contribution in [0.15, 0.2) is 41.6 Å². The predicted octanol–water partition coefficient (Wildman–Crippen LogP) is 4.27. The number of rotatable bonds is 6. The molecule has 0 fully saturated rings. The average Bonchev–Trinajstić information content (AvgIpc) is 2.48. The van der Waals surface area contributed by atoms with Gasteiger partial charge in [0.2, 0.25) is 0 Å². The van der Waals surface area contributed by atoms with Crippen LogP contribution in [-0.4, -0.2) is 17.6 Å². The second-order valence-corrected chi connectivity index (χ2v) is 5.34. The first-order valence-electron chi connectivity index (χ1n) is 6.57. The van der Waals surface area contributed by atoms with Crippen LogP contribution < -0.4 is 0 Å². The molecule has 1 rings (SSSR count). The van der Waals surface area contributed by atoms with Gasteiger partial charge >= 0.3 is 5.97 Å². The van der Waals surface area contributed by atoms with Gasteiger partial charge in [0.25, 0.3) is 0 Å². The number of hydrogen-bond acceptors (Lipinski definition) is 3. The van der Waals surface area contributed by atoms with E-state index in [0.717, 1.165) is 5.56 Å². The number of halogens is 1. The summed E-state index contributed by atoms with van der Waals surface area (Å²) in [5, 5.41) is 3.89. The quantitative estimate of drug-likeness (QED) is 0.340. The molecule has 0 radical (unpaired) electrons. The number of allylic oxidation sites excluding steroid dienone is 1. The van der Waals surface area contributed by atoms with Gasteiger partial charge in [0, 0.05) is 5.88 Å². The molecule has 3 nitrogen and oxygen atoms in total. The molecule has 20 heavy (non-hydrogen) atoms. The number of carbonyl (C=O) groups is 1. The van der Waals surface area contributed by atoms with Crippen LogP contribution in [0.2, 0.25) is 0 Å². The molecule has 4 heteroatoms. The zero-order valence-electron chi connectivity index (χ0n) is 12.1. The Hall–Kier alpha value is -1.61. The van der Waals surface area contributed by atoms with Crippen LogP contribution in [0.1, 0.15) is 32.8 Å². The van der Waals surface area contributed by atoms with Gasteiger partial charge in [-0.2, -0.15) is 0 Å². The van der Waals surface area contributed by atoms with Gasteiger partial charge in [-0.25, -0.2) is 4.79 Å². The van der Waals surface area contributed by atoms with E-state index >= 15 is 0 Å². The average molecular weight is 294 g/mol. The third kappa shape index (κ3) is 5.17. The topological polar surface area (TPSA) is 38.7 Å². The third-order valence-electron chi connectivity index (χ3n) is 2.76. The Bertz CT molecular complexity index is 492. The number of benzene rings is 1. The molecule has 0 aromatic heterocycles. The lowest BCUT2D eigenvalue weighted by Crippen LogP contribution is -2.27. The highest BCUT2D eigenvalue weighted by Gasteiger charge is 2.28. The molecule has 0 spiro atoms. The predicted molar refractivity (Wildman–Crippen MR) is 83.8 cm³/mol. The van der Waals surface area contributed by atoms with Crippen molar-refractivity contribution in [3.8, 4) is 0 Å². The maximum atomic E-state index is 11.8. The minimum absolute atomic E-state index is 0.197. The Morgan fingerprint density at radius 3 is 2.55 bits per heavy atom. The molecule has 0 saturated heterocycles. The summed E-state index contributed by atoms with van der Waals surface area (Å²) in [6.45, 7) is 5.40. The summed E-state index contributed by atoms with van der Waals surface area (Å²) in [7, 11) is 0. The Balaban J connectivity index is 2.69. The molecule has 0 atom stereocenters. The number of hydrogen-bond donors (Lipinski definition) is 0. The minimum Gasteiger partial charge on any atom is -0.317 e. The van der Waals surface area contributed by atoms with Crippen molar-refractivity contribution in [1.82, 2.24) is 0 Å². The molecule has 0 bridgehead atoms. The fraction of sp³-hybridized carbons (Fsp3) is 0.375. The van der Waals surface area contributed by atoms with Gasteiger partial charge in [0.15, 0.2) is 0 Å². The molecule has 108 valence electrons. The van der Waals surface area contributed by atoms with E-state index in [4.69, 9.17) is 16.4 Å². The van der Waals surface area contributed by atoms with Crippen LogP contribution in [0.25, 0.3) is 6.08 Å². The van der Waals surface area contributed by atoms with Gasteiger partial charge in [-0.1, -0.05) is 48.5 Å². The van der Waals surface area contributed by atoms with Crippen molar-refractivity contribution in [2.24, 2.45) is 10.6 Å². The molecule has 1 aromatic carbocycles. The number of alkyl halides is 1. The normalized spacial score (nSPS) is 12.7. The lowest BCUT2D eigenvalue weighted by Gasteiger charge is -2.16. The van der Waals surface area contributed by atoms with Crippen LogP contribution in [0.5, 0.6) is 0 Å². The highest BCUT2D eigenvalue weighted by molar-refractivity contribution is 6.19. The summed E-state index contributed by atoms with van der Waals surface area (Å²) in [6.07, 6.45) is 4.46. The summed E-state index contributed by atoms with van der Waals surface area (Å²) < 4.78 is 0. The van der Waals surface area contributed by atoms with E-state index in [9.17, 15) is 4.79 Å². The maximum absolute atomic E-state index is 11.8. The van der Waals surface area contributed by atoms with Crippen LogP contribution in [0.3, 0.4) is 0 Å². The zero-order valence-corrected chi connectivity index (χ0v) is 12.9. The van der Waals surface area contributed by atoms with Gasteiger partial charge in [-0.05, 0) is 31.9 Å². The van der Waals surface area contributed by atoms with Crippen molar-refractivity contribution in [2.45, 2.75) is 27.2 Å². The van der Waals surface area contributed by atoms with Crippen molar-refractivity contribution in [3.63, 3.8) is 0 Å². The monoisotopic (exact) mass is 293 g/mol. The summed E-state index contributed by atoms with van der Waals surface area (Å²) in [6, 6.07) is 9.87. The molecule has 0 aliphatic rings. The summed E-state index contributed by atoms with van der Waals surface area (Å²) >= 11 is 5.72. The first-order chi connectivity index (χ1) is 9.49. The van der Waals surface area contributed by atoms with Crippen LogP contribution in [0, 0.1) is 5.41 Å². The Morgan fingerprint density at radius 1 is 1.35 bits per heavy atom. The van der Waals surface area contributed by atoms with Gasteiger partial charge in [-0.3, -0.25) is 0 Å².